The molecule has 0 aliphatic rings. The standard InChI is InChI=1S/C16H13N7O2/c24-23(25)16-15(20-14-3-1-2-7-22(14)16)19-10-12-4-5-13(18-9-12)21-8-6-17-11-21/h1-9,11,19H,10H2. The fourth-order valence-corrected chi connectivity index (χ4v) is 2.53. The third-order valence-corrected chi connectivity index (χ3v) is 3.72. The SMILES string of the molecule is O=[N+]([O-])c1c(NCc2ccc(-n3ccnc3)nc2)nc2ccccn12. The summed E-state index contributed by atoms with van der Waals surface area (Å²) in [5, 5.41) is 14.4. The van der Waals surface area contributed by atoms with E-state index in [1.807, 2.05) is 12.1 Å². The van der Waals surface area contributed by atoms with Gasteiger partial charge in [-0.15, -0.1) is 0 Å². The van der Waals surface area contributed by atoms with Gasteiger partial charge in [0.2, 0.25) is 11.5 Å². The quantitative estimate of drug-likeness (QED) is 0.444. The normalized spacial score (nSPS) is 10.9. The fourth-order valence-electron chi connectivity index (χ4n) is 2.53. The Morgan fingerprint density at radius 2 is 2.12 bits per heavy atom. The molecule has 25 heavy (non-hydrogen) atoms. The lowest BCUT2D eigenvalue weighted by atomic mass is 10.3. The first kappa shape index (κ1) is 14.8. The van der Waals surface area contributed by atoms with Gasteiger partial charge in [0.05, 0.1) is 6.20 Å². The van der Waals surface area contributed by atoms with Gasteiger partial charge in [-0.1, -0.05) is 12.1 Å². The molecule has 0 saturated heterocycles. The summed E-state index contributed by atoms with van der Waals surface area (Å²) in [6, 6.07) is 8.99. The van der Waals surface area contributed by atoms with Crippen molar-refractivity contribution in [1.82, 2.24) is 23.9 Å². The minimum Gasteiger partial charge on any atom is -0.359 e. The first-order valence-electron chi connectivity index (χ1n) is 7.51. The number of nitrogens with one attached hydrogen (secondary N) is 1. The van der Waals surface area contributed by atoms with Gasteiger partial charge in [-0.25, -0.2) is 9.97 Å². The second kappa shape index (κ2) is 6.04. The molecule has 0 saturated carbocycles. The molecule has 1 N–H and O–H groups in total. The van der Waals surface area contributed by atoms with Crippen LogP contribution in [0.4, 0.5) is 11.6 Å². The van der Waals surface area contributed by atoms with E-state index in [0.29, 0.717) is 12.2 Å². The van der Waals surface area contributed by atoms with Crippen molar-refractivity contribution in [1.29, 1.82) is 0 Å². The zero-order valence-corrected chi connectivity index (χ0v) is 13.0. The highest BCUT2D eigenvalue weighted by Gasteiger charge is 2.21. The van der Waals surface area contributed by atoms with Crippen LogP contribution in [0.25, 0.3) is 11.5 Å². The number of hydrogen-bond donors (Lipinski definition) is 1. The smallest absolute Gasteiger partial charge is 0.359 e. The molecular formula is C16H13N7O2. The Kier molecular flexibility index (Phi) is 3.58. The van der Waals surface area contributed by atoms with Crippen LogP contribution >= 0.6 is 0 Å². The predicted octanol–water partition coefficient (Wildman–Crippen LogP) is 2.44. The van der Waals surface area contributed by atoms with Crippen LogP contribution < -0.4 is 5.32 Å². The van der Waals surface area contributed by atoms with Crippen molar-refractivity contribution in [3.8, 4) is 5.82 Å². The Morgan fingerprint density at radius 3 is 2.84 bits per heavy atom. The van der Waals surface area contributed by atoms with Crippen LogP contribution in [0.2, 0.25) is 0 Å². The van der Waals surface area contributed by atoms with E-state index < -0.39 is 4.92 Å². The van der Waals surface area contributed by atoms with Gasteiger partial charge in [0, 0.05) is 31.2 Å². The number of pyridine rings is 2. The highest BCUT2D eigenvalue weighted by molar-refractivity contribution is 5.62. The highest BCUT2D eigenvalue weighted by atomic mass is 16.6. The van der Waals surface area contributed by atoms with Crippen molar-refractivity contribution in [3.63, 3.8) is 0 Å². The monoisotopic (exact) mass is 335 g/mol. The van der Waals surface area contributed by atoms with E-state index in [1.54, 1.807) is 53.9 Å². The van der Waals surface area contributed by atoms with Crippen molar-refractivity contribution in [2.75, 3.05) is 5.32 Å². The molecule has 0 aromatic carbocycles. The number of hydrogen-bond acceptors (Lipinski definition) is 6. The molecule has 0 atom stereocenters. The maximum atomic E-state index is 11.4. The number of rotatable bonds is 5. The van der Waals surface area contributed by atoms with Crippen LogP contribution in [0.5, 0.6) is 0 Å². The van der Waals surface area contributed by atoms with Crippen LogP contribution in [0.3, 0.4) is 0 Å². The lowest BCUT2D eigenvalue weighted by molar-refractivity contribution is -0.389. The number of aromatic nitrogens is 5. The summed E-state index contributed by atoms with van der Waals surface area (Å²) in [6.07, 6.45) is 8.48. The zero-order valence-electron chi connectivity index (χ0n) is 13.0. The Morgan fingerprint density at radius 1 is 1.20 bits per heavy atom. The predicted molar refractivity (Wildman–Crippen MR) is 90.5 cm³/mol. The lowest BCUT2D eigenvalue weighted by Crippen LogP contribution is -2.04. The molecule has 0 aliphatic heterocycles. The number of imidazole rings is 2. The van der Waals surface area contributed by atoms with Crippen LogP contribution in [-0.2, 0) is 6.54 Å². The molecule has 4 rings (SSSR count). The minimum absolute atomic E-state index is 0.0846. The van der Waals surface area contributed by atoms with Gasteiger partial charge in [-0.2, -0.15) is 9.38 Å². The zero-order chi connectivity index (χ0) is 17.2. The average Bonchev–Trinajstić information content (AvgIpc) is 3.28. The summed E-state index contributed by atoms with van der Waals surface area (Å²) in [4.78, 5) is 23.5. The van der Waals surface area contributed by atoms with Crippen LogP contribution in [0.1, 0.15) is 5.56 Å². The Hall–Kier alpha value is -3.75. The van der Waals surface area contributed by atoms with Gasteiger partial charge < -0.3 is 15.4 Å². The first-order chi connectivity index (χ1) is 12.2. The van der Waals surface area contributed by atoms with Crippen LogP contribution in [0.15, 0.2) is 61.4 Å². The van der Waals surface area contributed by atoms with Gasteiger partial charge in [0.25, 0.3) is 0 Å². The number of nitro groups is 1. The van der Waals surface area contributed by atoms with E-state index in [2.05, 4.69) is 20.3 Å². The molecule has 124 valence electrons. The Bertz CT molecular complexity index is 1020. The topological polar surface area (TPSA) is 103 Å². The largest absolute Gasteiger partial charge is 0.372 e. The van der Waals surface area contributed by atoms with E-state index in [-0.39, 0.29) is 11.6 Å². The molecule has 0 bridgehead atoms. The minimum atomic E-state index is -0.442. The van der Waals surface area contributed by atoms with Crippen molar-refractivity contribution in [3.05, 3.63) is 77.1 Å². The molecule has 0 aliphatic carbocycles. The van der Waals surface area contributed by atoms with E-state index in [9.17, 15) is 10.1 Å². The number of nitrogens with zero attached hydrogens (tertiary/aromatic N) is 6. The molecule has 9 heteroatoms. The number of fused-ring (bicyclic) bond motifs is 1. The van der Waals surface area contributed by atoms with Gasteiger partial charge in [-0.3, -0.25) is 4.57 Å². The summed E-state index contributed by atoms with van der Waals surface area (Å²) in [6.45, 7) is 0.377. The maximum Gasteiger partial charge on any atom is 0.372 e. The lowest BCUT2D eigenvalue weighted by Gasteiger charge is -2.05. The van der Waals surface area contributed by atoms with Crippen molar-refractivity contribution >= 4 is 17.3 Å². The molecule has 0 radical (unpaired) electrons. The molecular weight excluding hydrogens is 322 g/mol. The van der Waals surface area contributed by atoms with Crippen molar-refractivity contribution < 1.29 is 4.92 Å². The third-order valence-electron chi connectivity index (χ3n) is 3.72. The summed E-state index contributed by atoms with van der Waals surface area (Å²) in [5.41, 5.74) is 1.40. The molecule has 0 unspecified atom stereocenters. The van der Waals surface area contributed by atoms with E-state index >= 15 is 0 Å². The van der Waals surface area contributed by atoms with Crippen molar-refractivity contribution in [2.24, 2.45) is 0 Å². The third kappa shape index (κ3) is 2.78. The summed E-state index contributed by atoms with van der Waals surface area (Å²) in [7, 11) is 0. The van der Waals surface area contributed by atoms with Crippen LogP contribution in [-0.4, -0.2) is 28.8 Å². The highest BCUT2D eigenvalue weighted by Crippen LogP contribution is 2.25. The second-order valence-corrected chi connectivity index (χ2v) is 5.32. The van der Waals surface area contributed by atoms with Crippen LogP contribution in [0, 0.1) is 10.1 Å². The summed E-state index contributed by atoms with van der Waals surface area (Å²) in [5.74, 6) is 0.897. The number of anilines is 1. The maximum absolute atomic E-state index is 11.4. The molecule has 4 aromatic heterocycles. The Labute approximate surface area is 141 Å². The molecule has 4 aromatic rings. The molecule has 0 amide bonds. The van der Waals surface area contributed by atoms with Gasteiger partial charge in [0.15, 0.2) is 0 Å². The molecule has 9 nitrogen and oxygen atoms in total. The van der Waals surface area contributed by atoms with E-state index in [1.165, 1.54) is 4.40 Å². The first-order valence-corrected chi connectivity index (χ1v) is 7.51. The second-order valence-electron chi connectivity index (χ2n) is 5.32. The van der Waals surface area contributed by atoms with E-state index in [4.69, 9.17) is 0 Å². The van der Waals surface area contributed by atoms with E-state index in [0.717, 1.165) is 11.4 Å². The van der Waals surface area contributed by atoms with Gasteiger partial charge in [-0.05, 0) is 22.6 Å². The molecule has 4 heterocycles. The fraction of sp³-hybridized carbons (Fsp3) is 0.0625. The van der Waals surface area contributed by atoms with Gasteiger partial charge in [0.1, 0.15) is 12.1 Å². The summed E-state index contributed by atoms with van der Waals surface area (Å²) >= 11 is 0. The molecule has 0 fully saturated rings. The summed E-state index contributed by atoms with van der Waals surface area (Å²) < 4.78 is 3.24. The Balaban J connectivity index is 1.56. The van der Waals surface area contributed by atoms with Gasteiger partial charge >= 0.3 is 5.82 Å². The molecule has 0 spiro atoms. The average molecular weight is 335 g/mol. The van der Waals surface area contributed by atoms with Crippen molar-refractivity contribution in [2.45, 2.75) is 6.54 Å².